The minimum absolute atomic E-state index is 0.0471. The van der Waals surface area contributed by atoms with E-state index in [1.807, 2.05) is 0 Å². The summed E-state index contributed by atoms with van der Waals surface area (Å²) < 4.78 is 8.96. The molecule has 0 aliphatic rings. The first kappa shape index (κ1) is 13.2. The first-order valence-electron chi connectivity index (χ1n) is 4.20. The Bertz CT molecular complexity index is 257. The number of hydrogen-bond donors (Lipinski definition) is 1. The van der Waals surface area contributed by atoms with E-state index in [-0.39, 0.29) is 19.4 Å². The van der Waals surface area contributed by atoms with Crippen molar-refractivity contribution in [2.45, 2.75) is 12.8 Å². The summed E-state index contributed by atoms with van der Waals surface area (Å²) in [6.07, 6.45) is 0.800. The number of esters is 2. The Kier molecular flexibility index (Phi) is 6.61. The van der Waals surface area contributed by atoms with Crippen LogP contribution >= 0.6 is 0 Å². The van der Waals surface area contributed by atoms with Crippen LogP contribution in [-0.4, -0.2) is 36.2 Å². The third-order valence-electron chi connectivity index (χ3n) is 1.26. The fraction of sp³-hybridized carbons (Fsp3) is 0.444. The highest BCUT2D eigenvalue weighted by molar-refractivity contribution is 5.79. The molecular weight excluding hydrogens is 204 g/mol. The number of hydrogen-bond acceptors (Lipinski definition) is 5. The van der Waals surface area contributed by atoms with E-state index in [4.69, 9.17) is 5.11 Å². The van der Waals surface area contributed by atoms with Crippen LogP contribution in [0.5, 0.6) is 0 Å². The quantitative estimate of drug-likeness (QED) is 0.480. The minimum atomic E-state index is -1.10. The predicted octanol–water partition coefficient (Wildman–Crippen LogP) is 0.124. The molecule has 0 radical (unpaired) electrons. The van der Waals surface area contributed by atoms with E-state index in [9.17, 15) is 14.4 Å². The summed E-state index contributed by atoms with van der Waals surface area (Å²) in [4.78, 5) is 31.7. The summed E-state index contributed by atoms with van der Waals surface area (Å²) in [6.45, 7) is 2.87. The lowest BCUT2D eigenvalue weighted by Gasteiger charge is -2.03. The van der Waals surface area contributed by atoms with Crippen molar-refractivity contribution in [1.82, 2.24) is 0 Å². The third kappa shape index (κ3) is 8.48. The van der Waals surface area contributed by atoms with Crippen LogP contribution in [0.1, 0.15) is 12.8 Å². The lowest BCUT2D eigenvalue weighted by molar-refractivity contribution is -0.158. The summed E-state index contributed by atoms with van der Waals surface area (Å²) in [6, 6.07) is 0. The van der Waals surface area contributed by atoms with Gasteiger partial charge in [0.1, 0.15) is 6.61 Å². The third-order valence-corrected chi connectivity index (χ3v) is 1.26. The van der Waals surface area contributed by atoms with E-state index in [2.05, 4.69) is 16.1 Å². The molecule has 0 saturated carbocycles. The normalized spacial score (nSPS) is 9.07. The van der Waals surface area contributed by atoms with Gasteiger partial charge in [0.05, 0.1) is 12.8 Å². The molecule has 0 spiro atoms. The van der Waals surface area contributed by atoms with Crippen molar-refractivity contribution >= 4 is 17.9 Å². The number of carboxylic acids is 1. The van der Waals surface area contributed by atoms with Crippen LogP contribution in [-0.2, 0) is 23.9 Å². The van der Waals surface area contributed by atoms with E-state index in [1.54, 1.807) is 0 Å². The second-order valence-corrected chi connectivity index (χ2v) is 2.53. The van der Waals surface area contributed by atoms with Gasteiger partial charge < -0.3 is 14.6 Å². The molecule has 0 rings (SSSR count). The fourth-order valence-corrected chi connectivity index (χ4v) is 0.614. The smallest absolute Gasteiger partial charge is 0.344 e. The van der Waals surface area contributed by atoms with E-state index in [0.717, 1.165) is 0 Å². The standard InChI is InChI=1S/C9H12O6/c1-2-5-14-9(13)6-15-8(12)4-3-7(10)11/h2H,1,3-6H2,(H,10,11). The molecule has 6 heteroatoms. The largest absolute Gasteiger partial charge is 0.481 e. The van der Waals surface area contributed by atoms with Gasteiger partial charge >= 0.3 is 17.9 Å². The number of carbonyl (C=O) groups is 3. The van der Waals surface area contributed by atoms with E-state index in [1.165, 1.54) is 6.08 Å². The molecule has 0 heterocycles. The summed E-state index contributed by atoms with van der Waals surface area (Å²) in [5.41, 5.74) is 0. The topological polar surface area (TPSA) is 89.9 Å². The number of carboxylic acid groups (broad SMARTS) is 1. The van der Waals surface area contributed by atoms with Crippen molar-refractivity contribution in [2.75, 3.05) is 13.2 Å². The van der Waals surface area contributed by atoms with Crippen molar-refractivity contribution in [3.63, 3.8) is 0 Å². The zero-order valence-corrected chi connectivity index (χ0v) is 8.10. The molecule has 84 valence electrons. The van der Waals surface area contributed by atoms with Crippen molar-refractivity contribution in [2.24, 2.45) is 0 Å². The van der Waals surface area contributed by atoms with Gasteiger partial charge in [0, 0.05) is 0 Å². The molecule has 0 aliphatic heterocycles. The monoisotopic (exact) mass is 216 g/mol. The van der Waals surface area contributed by atoms with Gasteiger partial charge in [0.2, 0.25) is 0 Å². The molecule has 0 aromatic carbocycles. The molecule has 0 saturated heterocycles. The zero-order valence-electron chi connectivity index (χ0n) is 8.10. The molecular formula is C9H12O6. The Hall–Kier alpha value is -1.85. The Morgan fingerprint density at radius 3 is 2.33 bits per heavy atom. The minimum Gasteiger partial charge on any atom is -0.481 e. The van der Waals surface area contributed by atoms with Gasteiger partial charge in [0.25, 0.3) is 0 Å². The molecule has 0 aromatic heterocycles. The van der Waals surface area contributed by atoms with E-state index >= 15 is 0 Å². The summed E-state index contributed by atoms with van der Waals surface area (Å²) in [5, 5.41) is 8.25. The van der Waals surface area contributed by atoms with Gasteiger partial charge in [-0.3, -0.25) is 9.59 Å². The van der Waals surface area contributed by atoms with Crippen molar-refractivity contribution in [3.05, 3.63) is 12.7 Å². The van der Waals surface area contributed by atoms with Gasteiger partial charge in [-0.25, -0.2) is 4.79 Å². The maximum atomic E-state index is 10.8. The summed E-state index contributed by atoms with van der Waals surface area (Å²) >= 11 is 0. The lowest BCUT2D eigenvalue weighted by atomic mass is 10.3. The SMILES string of the molecule is C=CCOC(=O)COC(=O)CCC(=O)O. The molecule has 6 nitrogen and oxygen atoms in total. The van der Waals surface area contributed by atoms with Crippen molar-refractivity contribution in [1.29, 1.82) is 0 Å². The van der Waals surface area contributed by atoms with E-state index < -0.39 is 24.5 Å². The van der Waals surface area contributed by atoms with Gasteiger partial charge in [-0.2, -0.15) is 0 Å². The van der Waals surface area contributed by atoms with Crippen LogP contribution in [0.25, 0.3) is 0 Å². The zero-order chi connectivity index (χ0) is 11.7. The second-order valence-electron chi connectivity index (χ2n) is 2.53. The number of aliphatic carboxylic acids is 1. The molecule has 0 bridgehead atoms. The Balaban J connectivity index is 3.57. The number of ether oxygens (including phenoxy) is 2. The van der Waals surface area contributed by atoms with Crippen LogP contribution in [0.15, 0.2) is 12.7 Å². The Labute approximate surface area is 86.5 Å². The molecule has 0 aromatic rings. The molecule has 0 fully saturated rings. The Morgan fingerprint density at radius 2 is 1.80 bits per heavy atom. The van der Waals surface area contributed by atoms with Crippen LogP contribution < -0.4 is 0 Å². The maximum absolute atomic E-state index is 10.8. The molecule has 0 amide bonds. The average Bonchev–Trinajstić information content (AvgIpc) is 2.20. The highest BCUT2D eigenvalue weighted by atomic mass is 16.6. The van der Waals surface area contributed by atoms with Crippen LogP contribution in [0.2, 0.25) is 0 Å². The number of rotatable bonds is 7. The van der Waals surface area contributed by atoms with Gasteiger partial charge in [-0.05, 0) is 0 Å². The molecule has 0 aliphatic carbocycles. The highest BCUT2D eigenvalue weighted by Gasteiger charge is 2.09. The fourth-order valence-electron chi connectivity index (χ4n) is 0.614. The molecule has 0 atom stereocenters. The molecule has 15 heavy (non-hydrogen) atoms. The second kappa shape index (κ2) is 7.54. The summed E-state index contributed by atoms with van der Waals surface area (Å²) in [5.74, 6) is -2.53. The average molecular weight is 216 g/mol. The molecule has 1 N–H and O–H groups in total. The van der Waals surface area contributed by atoms with Gasteiger partial charge in [-0.1, -0.05) is 12.7 Å². The number of carbonyl (C=O) groups excluding carboxylic acids is 2. The Morgan fingerprint density at radius 1 is 1.13 bits per heavy atom. The van der Waals surface area contributed by atoms with Crippen molar-refractivity contribution < 1.29 is 29.0 Å². The van der Waals surface area contributed by atoms with Crippen LogP contribution in [0.3, 0.4) is 0 Å². The highest BCUT2D eigenvalue weighted by Crippen LogP contribution is 1.93. The predicted molar refractivity (Wildman–Crippen MR) is 49.0 cm³/mol. The van der Waals surface area contributed by atoms with Crippen LogP contribution in [0.4, 0.5) is 0 Å². The first-order valence-corrected chi connectivity index (χ1v) is 4.20. The maximum Gasteiger partial charge on any atom is 0.344 e. The lowest BCUT2D eigenvalue weighted by Crippen LogP contribution is -2.17. The van der Waals surface area contributed by atoms with Crippen molar-refractivity contribution in [3.8, 4) is 0 Å². The van der Waals surface area contributed by atoms with Crippen LogP contribution in [0, 0.1) is 0 Å². The van der Waals surface area contributed by atoms with Gasteiger partial charge in [0.15, 0.2) is 6.61 Å². The first-order chi connectivity index (χ1) is 7.06. The summed E-state index contributed by atoms with van der Waals surface area (Å²) in [7, 11) is 0. The van der Waals surface area contributed by atoms with Gasteiger partial charge in [-0.15, -0.1) is 0 Å². The molecule has 0 unspecified atom stereocenters. The van der Waals surface area contributed by atoms with E-state index in [0.29, 0.717) is 0 Å².